The minimum absolute atomic E-state index is 0.255. The number of rotatable bonds is 6. The van der Waals surface area contributed by atoms with Gasteiger partial charge in [-0.3, -0.25) is 14.4 Å². The van der Waals surface area contributed by atoms with Crippen LogP contribution >= 0.6 is 11.6 Å². The molecule has 0 saturated carbocycles. The number of benzene rings is 3. The summed E-state index contributed by atoms with van der Waals surface area (Å²) >= 11 is 6.28. The summed E-state index contributed by atoms with van der Waals surface area (Å²) in [5.41, 5.74) is 4.14. The Labute approximate surface area is 202 Å². The molecule has 6 heteroatoms. The molecule has 1 saturated heterocycles. The predicted molar refractivity (Wildman–Crippen MR) is 132 cm³/mol. The lowest BCUT2D eigenvalue weighted by Gasteiger charge is -2.27. The molecule has 2 atom stereocenters. The zero-order valence-corrected chi connectivity index (χ0v) is 19.4. The zero-order valence-electron chi connectivity index (χ0n) is 18.6. The van der Waals surface area contributed by atoms with Gasteiger partial charge in [0, 0.05) is 29.2 Å². The second-order valence-corrected chi connectivity index (χ2v) is 9.06. The molecule has 1 amide bonds. The number of para-hydroxylation sites is 1. The van der Waals surface area contributed by atoms with Crippen LogP contribution in [0.3, 0.4) is 0 Å². The maximum absolute atomic E-state index is 13.5. The molecule has 34 heavy (non-hydrogen) atoms. The van der Waals surface area contributed by atoms with Crippen LogP contribution in [0.1, 0.15) is 33.1 Å². The molecule has 1 N–H and O–H groups in total. The van der Waals surface area contributed by atoms with Crippen LogP contribution in [0.15, 0.2) is 79.0 Å². The summed E-state index contributed by atoms with van der Waals surface area (Å²) in [6, 6.07) is 21.5. The molecular weight excluding hydrogens is 448 g/mol. The van der Waals surface area contributed by atoms with Crippen molar-refractivity contribution in [2.75, 3.05) is 6.54 Å². The number of ketones is 2. The van der Waals surface area contributed by atoms with Crippen molar-refractivity contribution in [3.05, 3.63) is 106 Å². The van der Waals surface area contributed by atoms with E-state index in [4.69, 9.17) is 11.6 Å². The van der Waals surface area contributed by atoms with Gasteiger partial charge in [0.05, 0.1) is 11.1 Å². The van der Waals surface area contributed by atoms with E-state index < -0.39 is 29.4 Å². The number of likely N-dealkylation sites (tertiary alicyclic amines) is 1. The number of aryl methyl sites for hydroxylation is 1. The highest BCUT2D eigenvalue weighted by molar-refractivity contribution is 6.45. The summed E-state index contributed by atoms with van der Waals surface area (Å²) in [7, 11) is 0. The average molecular weight is 471 g/mol. The number of hydrogen-bond donors (Lipinski definition) is 1. The summed E-state index contributed by atoms with van der Waals surface area (Å²) < 4.78 is 0. The number of amides is 1. The number of halogens is 1. The van der Waals surface area contributed by atoms with E-state index in [2.05, 4.69) is 4.98 Å². The third-order valence-electron chi connectivity index (χ3n) is 6.54. The number of nitrogens with zero attached hydrogens (tertiary/aromatic N) is 1. The fourth-order valence-electron chi connectivity index (χ4n) is 4.77. The van der Waals surface area contributed by atoms with Crippen LogP contribution in [0.5, 0.6) is 0 Å². The van der Waals surface area contributed by atoms with Crippen LogP contribution in [0.4, 0.5) is 0 Å². The second kappa shape index (κ2) is 8.92. The molecule has 4 aromatic rings. The van der Waals surface area contributed by atoms with Gasteiger partial charge < -0.3 is 9.88 Å². The van der Waals surface area contributed by atoms with Crippen molar-refractivity contribution in [2.24, 2.45) is 5.92 Å². The Bertz CT molecular complexity index is 1410. The van der Waals surface area contributed by atoms with Gasteiger partial charge in [-0.05, 0) is 42.7 Å². The molecule has 0 spiro atoms. The van der Waals surface area contributed by atoms with Gasteiger partial charge >= 0.3 is 0 Å². The minimum atomic E-state index is -1.14. The Balaban J connectivity index is 1.52. The Kier molecular flexibility index (Phi) is 5.80. The molecule has 0 aliphatic carbocycles. The molecular formula is C28H23ClN2O3. The van der Waals surface area contributed by atoms with Crippen molar-refractivity contribution in [1.29, 1.82) is 0 Å². The van der Waals surface area contributed by atoms with Crippen LogP contribution in [-0.4, -0.2) is 33.9 Å². The maximum Gasteiger partial charge on any atom is 0.291 e. The summed E-state index contributed by atoms with van der Waals surface area (Å²) in [4.78, 5) is 44.7. The lowest BCUT2D eigenvalue weighted by Crippen LogP contribution is -2.32. The van der Waals surface area contributed by atoms with Crippen LogP contribution in [0, 0.1) is 12.8 Å². The number of hydrogen-bond acceptors (Lipinski definition) is 3. The van der Waals surface area contributed by atoms with E-state index in [0.29, 0.717) is 13.0 Å². The highest BCUT2D eigenvalue weighted by Gasteiger charge is 2.51. The molecule has 2 unspecified atom stereocenters. The van der Waals surface area contributed by atoms with Crippen LogP contribution < -0.4 is 0 Å². The molecule has 3 aromatic carbocycles. The summed E-state index contributed by atoms with van der Waals surface area (Å²) in [6.45, 7) is 2.28. The first-order valence-electron chi connectivity index (χ1n) is 11.2. The molecule has 1 fully saturated rings. The number of H-pyrrole nitrogens is 1. The van der Waals surface area contributed by atoms with Gasteiger partial charge in [0.25, 0.3) is 5.91 Å². The topological polar surface area (TPSA) is 70.2 Å². The number of carbonyl (C=O) groups excluding carboxylic acids is 3. The Morgan fingerprint density at radius 3 is 2.44 bits per heavy atom. The largest absolute Gasteiger partial charge is 0.361 e. The molecule has 5 nitrogen and oxygen atoms in total. The first-order chi connectivity index (χ1) is 16.5. The van der Waals surface area contributed by atoms with E-state index >= 15 is 0 Å². The summed E-state index contributed by atoms with van der Waals surface area (Å²) in [5.74, 6) is -2.88. The van der Waals surface area contributed by atoms with Crippen molar-refractivity contribution >= 4 is 40.0 Å². The van der Waals surface area contributed by atoms with Crippen LogP contribution in [-0.2, 0) is 16.0 Å². The van der Waals surface area contributed by atoms with Gasteiger partial charge in [0.2, 0.25) is 5.78 Å². The monoisotopic (exact) mass is 470 g/mol. The van der Waals surface area contributed by atoms with Crippen LogP contribution in [0.25, 0.3) is 10.9 Å². The third-order valence-corrected chi connectivity index (χ3v) is 6.87. The number of carbonyl (C=O) groups is 3. The van der Waals surface area contributed by atoms with E-state index in [1.807, 2.05) is 61.7 Å². The van der Waals surface area contributed by atoms with Crippen molar-refractivity contribution in [3.63, 3.8) is 0 Å². The molecule has 1 aliphatic rings. The van der Waals surface area contributed by atoms with E-state index in [-0.39, 0.29) is 10.6 Å². The molecule has 0 radical (unpaired) electrons. The molecule has 5 rings (SSSR count). The third kappa shape index (κ3) is 3.82. The zero-order chi connectivity index (χ0) is 23.8. The second-order valence-electron chi connectivity index (χ2n) is 8.65. The van der Waals surface area contributed by atoms with Gasteiger partial charge in [-0.1, -0.05) is 71.8 Å². The number of nitrogens with one attached hydrogen (secondary N) is 1. The van der Waals surface area contributed by atoms with Gasteiger partial charge in [-0.15, -0.1) is 0 Å². The van der Waals surface area contributed by atoms with Crippen molar-refractivity contribution in [2.45, 2.75) is 19.4 Å². The number of fused-ring (bicyclic) bond motifs is 1. The van der Waals surface area contributed by atoms with E-state index in [1.54, 1.807) is 29.2 Å². The van der Waals surface area contributed by atoms with Crippen molar-refractivity contribution < 1.29 is 14.4 Å². The van der Waals surface area contributed by atoms with Gasteiger partial charge in [-0.25, -0.2) is 0 Å². The highest BCUT2D eigenvalue weighted by Crippen LogP contribution is 2.39. The summed E-state index contributed by atoms with van der Waals surface area (Å²) in [5, 5.41) is 1.35. The molecule has 2 heterocycles. The van der Waals surface area contributed by atoms with E-state index in [9.17, 15) is 14.4 Å². The van der Waals surface area contributed by atoms with E-state index in [1.165, 1.54) is 0 Å². The lowest BCUT2D eigenvalue weighted by molar-refractivity contribution is -0.140. The Morgan fingerprint density at radius 1 is 0.971 bits per heavy atom. The standard InChI is InChI=1S/C28H23ClN2O3/c1-17-10-12-18(13-11-17)25-24(26(32)21-7-2-4-8-22(21)29)27(33)28(34)31(25)15-14-19-16-30-23-9-5-3-6-20(19)23/h2-13,16,24-25,30H,14-15H2,1H3. The molecule has 1 aromatic heterocycles. The van der Waals surface area contributed by atoms with Crippen LogP contribution in [0.2, 0.25) is 5.02 Å². The quantitative estimate of drug-likeness (QED) is 0.235. The normalized spacial score (nSPS) is 18.1. The summed E-state index contributed by atoms with van der Waals surface area (Å²) in [6.07, 6.45) is 2.48. The predicted octanol–water partition coefficient (Wildman–Crippen LogP) is 5.32. The number of aromatic amines is 1. The first-order valence-corrected chi connectivity index (χ1v) is 11.6. The first kappa shape index (κ1) is 22.1. The van der Waals surface area contributed by atoms with Crippen molar-refractivity contribution in [1.82, 2.24) is 9.88 Å². The maximum atomic E-state index is 13.5. The fraction of sp³-hybridized carbons (Fsp3) is 0.179. The molecule has 0 bridgehead atoms. The SMILES string of the molecule is Cc1ccc(C2C(C(=O)c3ccccc3Cl)C(=O)C(=O)N2CCc2c[nH]c3ccccc23)cc1. The average Bonchev–Trinajstić information content (AvgIpc) is 3.37. The smallest absolute Gasteiger partial charge is 0.291 e. The van der Waals surface area contributed by atoms with Crippen molar-refractivity contribution in [3.8, 4) is 0 Å². The van der Waals surface area contributed by atoms with Gasteiger partial charge in [-0.2, -0.15) is 0 Å². The number of aromatic nitrogens is 1. The minimum Gasteiger partial charge on any atom is -0.361 e. The Morgan fingerprint density at radius 2 is 1.68 bits per heavy atom. The Hall–Kier alpha value is -3.70. The van der Waals surface area contributed by atoms with E-state index in [0.717, 1.165) is 27.6 Å². The fourth-order valence-corrected chi connectivity index (χ4v) is 5.00. The molecule has 1 aliphatic heterocycles. The number of Topliss-reactive ketones (excluding diaryl/α,β-unsaturated/α-hetero) is 2. The molecule has 170 valence electrons. The van der Waals surface area contributed by atoms with Gasteiger partial charge in [0.1, 0.15) is 5.92 Å². The highest BCUT2D eigenvalue weighted by atomic mass is 35.5. The lowest BCUT2D eigenvalue weighted by atomic mass is 9.86. The van der Waals surface area contributed by atoms with Gasteiger partial charge in [0.15, 0.2) is 5.78 Å².